The van der Waals surface area contributed by atoms with Gasteiger partial charge in [0.1, 0.15) is 10.8 Å². The molecule has 224 valence electrons. The molecule has 0 saturated carbocycles. The summed E-state index contributed by atoms with van der Waals surface area (Å²) in [5.41, 5.74) is 0.193. The molecule has 2 aromatic carbocycles. The van der Waals surface area contributed by atoms with E-state index < -0.39 is 64.2 Å². The van der Waals surface area contributed by atoms with Crippen molar-refractivity contribution in [1.82, 2.24) is 18.4 Å². The summed E-state index contributed by atoms with van der Waals surface area (Å²) in [7, 11) is -4.67. The maximum atomic E-state index is 14.3. The number of β-amino-alcohol motifs (C(OH)–C–C–N with tert-alkyl or cyclic N) is 1. The Labute approximate surface area is 247 Å². The molecule has 5 rings (SSSR count). The first kappa shape index (κ1) is 30.5. The number of benzene rings is 2. The number of amides is 1. The fourth-order valence-corrected chi connectivity index (χ4v) is 7.70. The summed E-state index contributed by atoms with van der Waals surface area (Å²) in [6.07, 6.45) is -5.91. The molecule has 0 bridgehead atoms. The molecule has 2 aliphatic rings. The van der Waals surface area contributed by atoms with E-state index >= 15 is 0 Å². The van der Waals surface area contributed by atoms with Crippen LogP contribution in [0, 0.1) is 11.7 Å². The van der Waals surface area contributed by atoms with Crippen LogP contribution in [-0.4, -0.2) is 75.6 Å². The van der Waals surface area contributed by atoms with Crippen molar-refractivity contribution in [2.45, 2.75) is 35.4 Å². The lowest BCUT2D eigenvalue weighted by atomic mass is 9.92. The van der Waals surface area contributed by atoms with E-state index in [4.69, 9.17) is 11.6 Å². The summed E-state index contributed by atoms with van der Waals surface area (Å²) in [4.78, 5) is 26.9. The number of aliphatic hydroxyl groups is 1. The second kappa shape index (κ2) is 11.6. The van der Waals surface area contributed by atoms with Crippen molar-refractivity contribution in [3.63, 3.8) is 0 Å². The molecule has 0 aliphatic carbocycles. The molecule has 2 aliphatic heterocycles. The molecule has 3 atom stereocenters. The van der Waals surface area contributed by atoms with Crippen LogP contribution in [0.25, 0.3) is 0 Å². The maximum absolute atomic E-state index is 14.3. The number of halogens is 5. The van der Waals surface area contributed by atoms with Gasteiger partial charge < -0.3 is 5.11 Å². The van der Waals surface area contributed by atoms with Crippen molar-refractivity contribution in [3.05, 3.63) is 82.3 Å². The minimum absolute atomic E-state index is 0.000589. The predicted molar refractivity (Wildman–Crippen MR) is 144 cm³/mol. The largest absolute Gasteiger partial charge is 0.394 e. The fraction of sp³-hybridized carbons (Fsp3) is 0.346. The van der Waals surface area contributed by atoms with Crippen LogP contribution in [-0.2, 0) is 20.8 Å². The normalized spacial score (nSPS) is 21.8. The van der Waals surface area contributed by atoms with Gasteiger partial charge in [-0.15, -0.1) is 11.8 Å². The van der Waals surface area contributed by atoms with Crippen molar-refractivity contribution in [3.8, 4) is 0 Å². The smallest absolute Gasteiger partial charge is 0.392 e. The number of hydrogen-bond acceptors (Lipinski definition) is 7. The van der Waals surface area contributed by atoms with Gasteiger partial charge >= 0.3 is 16.4 Å². The zero-order valence-electron chi connectivity index (χ0n) is 21.5. The quantitative estimate of drug-likeness (QED) is 0.304. The molecule has 3 heterocycles. The Morgan fingerprint density at radius 2 is 1.81 bits per heavy atom. The molecule has 3 unspecified atom stereocenters. The number of carbonyl (C=O) groups is 2. The van der Waals surface area contributed by atoms with E-state index in [0.29, 0.717) is 5.56 Å². The Morgan fingerprint density at radius 3 is 2.43 bits per heavy atom. The summed E-state index contributed by atoms with van der Waals surface area (Å²) in [5.74, 6) is -6.92. The Bertz CT molecular complexity index is 1620. The topological polar surface area (TPSA) is 113 Å². The molecule has 42 heavy (non-hydrogen) atoms. The fourth-order valence-electron chi connectivity index (χ4n) is 4.86. The number of nitrogens with zero attached hydrogens (tertiary/aromatic N) is 4. The van der Waals surface area contributed by atoms with Crippen LogP contribution in [0.15, 0.2) is 59.6 Å². The highest BCUT2D eigenvalue weighted by atomic mass is 35.5. The number of aliphatic hydroxyl groups excluding tert-OH is 1. The lowest BCUT2D eigenvalue weighted by Crippen LogP contribution is -2.44. The number of hydrogen-bond donors (Lipinski definition) is 1. The molecule has 1 aromatic heterocycles. The van der Waals surface area contributed by atoms with Crippen LogP contribution >= 0.6 is 23.4 Å². The molecule has 2 saturated heterocycles. The molecule has 1 N–H and O–H groups in total. The predicted octanol–water partition coefficient (Wildman–Crippen LogP) is 4.07. The number of rotatable bonds is 7. The van der Waals surface area contributed by atoms with Gasteiger partial charge in [-0.1, -0.05) is 35.9 Å². The zero-order valence-corrected chi connectivity index (χ0v) is 23.9. The second-order valence-corrected chi connectivity index (χ2v) is 13.1. The van der Waals surface area contributed by atoms with Gasteiger partial charge in [-0.3, -0.25) is 9.59 Å². The van der Waals surface area contributed by atoms with E-state index in [1.165, 1.54) is 42.5 Å². The van der Waals surface area contributed by atoms with Crippen LogP contribution in [0.4, 0.5) is 17.6 Å². The highest BCUT2D eigenvalue weighted by Gasteiger charge is 2.59. The number of carbonyl (C=O) groups excluding carboxylic acids is 2. The highest BCUT2D eigenvalue weighted by molar-refractivity contribution is 7.98. The Morgan fingerprint density at radius 1 is 1.12 bits per heavy atom. The Balaban J connectivity index is 1.54. The molecule has 2 fully saturated rings. The summed E-state index contributed by atoms with van der Waals surface area (Å²) < 4.78 is 84.3. The highest BCUT2D eigenvalue weighted by Crippen LogP contribution is 2.45. The third-order valence-corrected chi connectivity index (χ3v) is 10.3. The molecular weight excluding hydrogens is 624 g/mol. The van der Waals surface area contributed by atoms with Gasteiger partial charge in [-0.2, -0.15) is 35.7 Å². The van der Waals surface area contributed by atoms with Gasteiger partial charge in [0, 0.05) is 18.8 Å². The molecule has 1 amide bonds. The zero-order chi connectivity index (χ0) is 30.4. The van der Waals surface area contributed by atoms with Gasteiger partial charge in [0.05, 0.1) is 40.8 Å². The molecule has 16 heteroatoms. The average molecular weight is 647 g/mol. The van der Waals surface area contributed by atoms with Gasteiger partial charge in [0.15, 0.2) is 0 Å². The number of alkyl halides is 3. The minimum Gasteiger partial charge on any atom is -0.392 e. The van der Waals surface area contributed by atoms with Gasteiger partial charge in [-0.25, -0.2) is 8.70 Å². The third-order valence-electron chi connectivity index (χ3n) is 7.04. The van der Waals surface area contributed by atoms with Crippen molar-refractivity contribution in [1.29, 1.82) is 0 Å². The van der Waals surface area contributed by atoms with Crippen LogP contribution in [0.3, 0.4) is 0 Å². The standard InChI is InChI=1S/C26H23ClF4N4O5S2/c27-20-4-2-1-3-18(20)24(37)35-22(41-14-15-5-7-16(28)8-6-15)11-21(32-35)23-19(26(29,30)31)13-34(25(23)38)42(39,40)33-10-9-17(36)12-33/h1-8,11,17,19,23,36H,9-10,12-14H2. The monoisotopic (exact) mass is 646 g/mol. The molecule has 3 aromatic rings. The summed E-state index contributed by atoms with van der Waals surface area (Å²) in [6, 6.07) is 12.6. The maximum Gasteiger partial charge on any atom is 0.394 e. The van der Waals surface area contributed by atoms with Gasteiger partial charge in [0.2, 0.25) is 5.91 Å². The van der Waals surface area contributed by atoms with Crippen LogP contribution in [0.5, 0.6) is 0 Å². The summed E-state index contributed by atoms with van der Waals surface area (Å²) >= 11 is 7.19. The number of thioether (sulfide) groups is 1. The van der Waals surface area contributed by atoms with Crippen LogP contribution < -0.4 is 0 Å². The molecule has 0 spiro atoms. The molecular formula is C26H23ClF4N4O5S2. The third kappa shape index (κ3) is 5.93. The first-order chi connectivity index (χ1) is 19.8. The van der Waals surface area contributed by atoms with E-state index in [9.17, 15) is 40.7 Å². The first-order valence-corrected chi connectivity index (χ1v) is 15.4. The van der Waals surface area contributed by atoms with Crippen molar-refractivity contribution >= 4 is 45.4 Å². The van der Waals surface area contributed by atoms with Crippen molar-refractivity contribution < 1.29 is 40.7 Å². The summed E-state index contributed by atoms with van der Waals surface area (Å²) in [5, 5.41) is 14.0. The lowest BCUT2D eigenvalue weighted by Gasteiger charge is -2.23. The van der Waals surface area contributed by atoms with E-state index in [2.05, 4.69) is 5.10 Å². The van der Waals surface area contributed by atoms with Crippen LogP contribution in [0.2, 0.25) is 5.02 Å². The molecule has 9 nitrogen and oxygen atoms in total. The number of aromatic nitrogens is 2. The van der Waals surface area contributed by atoms with E-state index in [1.54, 1.807) is 6.07 Å². The van der Waals surface area contributed by atoms with Gasteiger partial charge in [0.25, 0.3) is 5.91 Å². The van der Waals surface area contributed by atoms with E-state index in [-0.39, 0.29) is 45.2 Å². The van der Waals surface area contributed by atoms with E-state index in [1.807, 2.05) is 0 Å². The Kier molecular flexibility index (Phi) is 8.42. The average Bonchev–Trinajstić information content (AvgIpc) is 3.65. The van der Waals surface area contributed by atoms with Crippen molar-refractivity contribution in [2.24, 2.45) is 5.92 Å². The Hall–Kier alpha value is -2.98. The van der Waals surface area contributed by atoms with Gasteiger partial charge in [-0.05, 0) is 42.3 Å². The first-order valence-electron chi connectivity index (χ1n) is 12.6. The lowest BCUT2D eigenvalue weighted by molar-refractivity contribution is -0.174. The molecule has 0 radical (unpaired) electrons. The second-order valence-electron chi connectivity index (χ2n) is 9.82. The minimum atomic E-state index is -4.99. The van der Waals surface area contributed by atoms with E-state index in [0.717, 1.165) is 26.8 Å². The van der Waals surface area contributed by atoms with Crippen molar-refractivity contribution in [2.75, 3.05) is 19.6 Å². The summed E-state index contributed by atoms with van der Waals surface area (Å²) in [6.45, 7) is -1.68. The SMILES string of the molecule is O=C1C(c2cc(SCc3ccc(F)cc3)n(C(=O)c3ccccc3Cl)n2)C(C(F)(F)F)CN1S(=O)(=O)N1CCC(O)C1. The van der Waals surface area contributed by atoms with Crippen LogP contribution in [0.1, 0.15) is 34.0 Å².